The summed E-state index contributed by atoms with van der Waals surface area (Å²) in [5.74, 6) is -0.00138. The highest BCUT2D eigenvalue weighted by Crippen LogP contribution is 2.23. The van der Waals surface area contributed by atoms with Crippen molar-refractivity contribution in [1.29, 1.82) is 0 Å². The van der Waals surface area contributed by atoms with Gasteiger partial charge in [0, 0.05) is 0 Å². The standard InChI is InChI=1S/C13H19NO/c1-9(15)12(14)10-5-7-11(8-6-10)13(2,3)4/h5-8,12H,14H2,1-4H3. The Balaban J connectivity index is 2.95. The second-order valence-corrected chi connectivity index (χ2v) is 4.96. The lowest BCUT2D eigenvalue weighted by molar-refractivity contribution is -0.118. The van der Waals surface area contributed by atoms with Gasteiger partial charge in [0.15, 0.2) is 5.78 Å². The molecule has 0 bridgehead atoms. The minimum Gasteiger partial charge on any atom is -0.318 e. The van der Waals surface area contributed by atoms with Gasteiger partial charge in [0.2, 0.25) is 0 Å². The molecule has 2 nitrogen and oxygen atoms in total. The van der Waals surface area contributed by atoms with Gasteiger partial charge in [0.05, 0.1) is 6.04 Å². The zero-order valence-electron chi connectivity index (χ0n) is 9.87. The van der Waals surface area contributed by atoms with Gasteiger partial charge in [-0.1, -0.05) is 45.0 Å². The van der Waals surface area contributed by atoms with Crippen LogP contribution in [0.1, 0.15) is 44.9 Å². The van der Waals surface area contributed by atoms with Crippen LogP contribution in [-0.4, -0.2) is 5.78 Å². The zero-order chi connectivity index (χ0) is 11.6. The first-order valence-electron chi connectivity index (χ1n) is 5.19. The predicted octanol–water partition coefficient (Wildman–Crippen LogP) is 2.57. The Labute approximate surface area is 91.5 Å². The molecule has 1 rings (SSSR count). The summed E-state index contributed by atoms with van der Waals surface area (Å²) in [4.78, 5) is 11.1. The Hall–Kier alpha value is -1.15. The van der Waals surface area contributed by atoms with E-state index in [-0.39, 0.29) is 11.2 Å². The maximum atomic E-state index is 11.1. The van der Waals surface area contributed by atoms with E-state index >= 15 is 0 Å². The van der Waals surface area contributed by atoms with E-state index in [4.69, 9.17) is 5.73 Å². The number of nitrogens with two attached hydrogens (primary N) is 1. The third-order valence-electron chi connectivity index (χ3n) is 2.57. The lowest BCUT2D eigenvalue weighted by Gasteiger charge is -2.19. The second-order valence-electron chi connectivity index (χ2n) is 4.96. The summed E-state index contributed by atoms with van der Waals surface area (Å²) < 4.78 is 0. The highest BCUT2D eigenvalue weighted by molar-refractivity contribution is 5.82. The summed E-state index contributed by atoms with van der Waals surface area (Å²) >= 11 is 0. The van der Waals surface area contributed by atoms with E-state index in [1.165, 1.54) is 12.5 Å². The Kier molecular flexibility index (Phi) is 3.30. The highest BCUT2D eigenvalue weighted by atomic mass is 16.1. The maximum Gasteiger partial charge on any atom is 0.150 e. The average Bonchev–Trinajstić information content (AvgIpc) is 2.15. The normalized spacial score (nSPS) is 13.7. The predicted molar refractivity (Wildman–Crippen MR) is 62.8 cm³/mol. The Morgan fingerprint density at radius 3 is 2.00 bits per heavy atom. The number of carbonyl (C=O) groups excluding carboxylic acids is 1. The van der Waals surface area contributed by atoms with E-state index in [0.29, 0.717) is 0 Å². The van der Waals surface area contributed by atoms with Crippen LogP contribution in [0, 0.1) is 0 Å². The first-order valence-corrected chi connectivity index (χ1v) is 5.19. The number of hydrogen-bond acceptors (Lipinski definition) is 2. The van der Waals surface area contributed by atoms with E-state index < -0.39 is 6.04 Å². The average molecular weight is 205 g/mol. The van der Waals surface area contributed by atoms with Crippen molar-refractivity contribution in [3.8, 4) is 0 Å². The van der Waals surface area contributed by atoms with Gasteiger partial charge in [-0.2, -0.15) is 0 Å². The van der Waals surface area contributed by atoms with E-state index in [1.807, 2.05) is 24.3 Å². The summed E-state index contributed by atoms with van der Waals surface area (Å²) in [6.07, 6.45) is 0. The van der Waals surface area contributed by atoms with Gasteiger partial charge in [-0.25, -0.2) is 0 Å². The van der Waals surface area contributed by atoms with Crippen molar-refractivity contribution >= 4 is 5.78 Å². The molecule has 1 aromatic rings. The summed E-state index contributed by atoms with van der Waals surface area (Å²) in [5.41, 5.74) is 8.02. The van der Waals surface area contributed by atoms with Crippen molar-refractivity contribution in [3.63, 3.8) is 0 Å². The van der Waals surface area contributed by atoms with Crippen molar-refractivity contribution < 1.29 is 4.79 Å². The van der Waals surface area contributed by atoms with Gasteiger partial charge < -0.3 is 5.73 Å². The molecule has 0 heterocycles. The van der Waals surface area contributed by atoms with Crippen molar-refractivity contribution in [1.82, 2.24) is 0 Å². The maximum absolute atomic E-state index is 11.1. The van der Waals surface area contributed by atoms with Gasteiger partial charge in [-0.05, 0) is 23.5 Å². The highest BCUT2D eigenvalue weighted by Gasteiger charge is 2.15. The summed E-state index contributed by atoms with van der Waals surface area (Å²) in [5, 5.41) is 0. The number of ketones is 1. The molecule has 1 unspecified atom stereocenters. The molecule has 0 amide bonds. The molecule has 1 atom stereocenters. The Morgan fingerprint density at radius 2 is 1.67 bits per heavy atom. The molecule has 0 aromatic heterocycles. The molecule has 0 saturated heterocycles. The fourth-order valence-corrected chi connectivity index (χ4v) is 1.43. The second kappa shape index (κ2) is 4.15. The zero-order valence-corrected chi connectivity index (χ0v) is 9.87. The molecule has 2 N–H and O–H groups in total. The molecule has 0 aliphatic carbocycles. The molecule has 0 saturated carbocycles. The lowest BCUT2D eigenvalue weighted by Crippen LogP contribution is -2.19. The monoisotopic (exact) mass is 205 g/mol. The van der Waals surface area contributed by atoms with E-state index in [1.54, 1.807) is 0 Å². The van der Waals surface area contributed by atoms with E-state index in [2.05, 4.69) is 20.8 Å². The van der Waals surface area contributed by atoms with Gasteiger partial charge >= 0.3 is 0 Å². The fourth-order valence-electron chi connectivity index (χ4n) is 1.43. The molecular weight excluding hydrogens is 186 g/mol. The van der Waals surface area contributed by atoms with Crippen LogP contribution in [0.3, 0.4) is 0 Å². The van der Waals surface area contributed by atoms with Crippen LogP contribution in [0.15, 0.2) is 24.3 Å². The van der Waals surface area contributed by atoms with Gasteiger partial charge in [-0.3, -0.25) is 4.79 Å². The number of carbonyl (C=O) groups is 1. The van der Waals surface area contributed by atoms with Crippen LogP contribution in [0.5, 0.6) is 0 Å². The van der Waals surface area contributed by atoms with Crippen molar-refractivity contribution in [2.75, 3.05) is 0 Å². The minimum atomic E-state index is -0.487. The molecule has 15 heavy (non-hydrogen) atoms. The largest absolute Gasteiger partial charge is 0.318 e. The van der Waals surface area contributed by atoms with Gasteiger partial charge in [0.25, 0.3) is 0 Å². The van der Waals surface area contributed by atoms with Crippen LogP contribution >= 0.6 is 0 Å². The topological polar surface area (TPSA) is 43.1 Å². The van der Waals surface area contributed by atoms with Crippen molar-refractivity contribution in [2.45, 2.75) is 39.2 Å². The first kappa shape index (κ1) is 11.9. The van der Waals surface area contributed by atoms with Crippen LogP contribution in [-0.2, 0) is 10.2 Å². The summed E-state index contributed by atoms with van der Waals surface area (Å²) in [6.45, 7) is 8.00. The Morgan fingerprint density at radius 1 is 1.20 bits per heavy atom. The quantitative estimate of drug-likeness (QED) is 0.806. The number of hydrogen-bond donors (Lipinski definition) is 1. The Bertz CT molecular complexity index is 346. The SMILES string of the molecule is CC(=O)C(N)c1ccc(C(C)(C)C)cc1. The lowest BCUT2D eigenvalue weighted by atomic mass is 9.86. The van der Waals surface area contributed by atoms with Gasteiger partial charge in [-0.15, -0.1) is 0 Å². The number of benzene rings is 1. The van der Waals surface area contributed by atoms with Crippen molar-refractivity contribution in [2.24, 2.45) is 5.73 Å². The summed E-state index contributed by atoms with van der Waals surface area (Å²) in [7, 11) is 0. The smallest absolute Gasteiger partial charge is 0.150 e. The number of Topliss-reactive ketones (excluding diaryl/α,β-unsaturated/α-hetero) is 1. The molecule has 0 aliphatic heterocycles. The molecule has 2 heteroatoms. The molecule has 0 spiro atoms. The summed E-state index contributed by atoms with van der Waals surface area (Å²) in [6, 6.07) is 7.47. The van der Waals surface area contributed by atoms with Crippen LogP contribution in [0.2, 0.25) is 0 Å². The molecule has 1 aromatic carbocycles. The molecule has 0 radical (unpaired) electrons. The van der Waals surface area contributed by atoms with Gasteiger partial charge in [0.1, 0.15) is 0 Å². The molecule has 82 valence electrons. The first-order chi connectivity index (χ1) is 6.82. The third kappa shape index (κ3) is 2.90. The fraction of sp³-hybridized carbons (Fsp3) is 0.462. The third-order valence-corrected chi connectivity index (χ3v) is 2.57. The van der Waals surface area contributed by atoms with Crippen LogP contribution in [0.4, 0.5) is 0 Å². The van der Waals surface area contributed by atoms with Crippen molar-refractivity contribution in [3.05, 3.63) is 35.4 Å². The minimum absolute atomic E-state index is 0.00138. The molecule has 0 fully saturated rings. The number of rotatable bonds is 2. The molecule has 0 aliphatic rings. The van der Waals surface area contributed by atoms with E-state index in [0.717, 1.165) is 5.56 Å². The van der Waals surface area contributed by atoms with E-state index in [9.17, 15) is 4.79 Å². The van der Waals surface area contributed by atoms with Crippen LogP contribution in [0.25, 0.3) is 0 Å². The van der Waals surface area contributed by atoms with Crippen LogP contribution < -0.4 is 5.73 Å². The molecular formula is C13H19NO.